The molecule has 6 nitrogen and oxygen atoms in total. The molecule has 27 heavy (non-hydrogen) atoms. The van der Waals surface area contributed by atoms with Crippen LogP contribution in [0.3, 0.4) is 0 Å². The molecule has 0 aliphatic rings. The fourth-order valence-electron chi connectivity index (χ4n) is 2.39. The van der Waals surface area contributed by atoms with Crippen molar-refractivity contribution in [2.45, 2.75) is 32.4 Å². The number of ether oxygens (including phenoxy) is 2. The first-order valence-electron chi connectivity index (χ1n) is 8.93. The third kappa shape index (κ3) is 7.50. The van der Waals surface area contributed by atoms with Crippen LogP contribution in [0, 0.1) is 0 Å². The van der Waals surface area contributed by atoms with Crippen molar-refractivity contribution in [2.24, 2.45) is 5.73 Å². The van der Waals surface area contributed by atoms with Gasteiger partial charge in [-0.15, -0.1) is 0 Å². The monoisotopic (exact) mass is 370 g/mol. The predicted octanol–water partition coefficient (Wildman–Crippen LogP) is 2.32. The fourth-order valence-corrected chi connectivity index (χ4v) is 2.39. The molecule has 0 heterocycles. The Bertz CT molecular complexity index is 730. The van der Waals surface area contributed by atoms with Crippen molar-refractivity contribution >= 4 is 11.9 Å². The van der Waals surface area contributed by atoms with Gasteiger partial charge >= 0.3 is 5.97 Å². The molecule has 0 fully saturated rings. The quantitative estimate of drug-likeness (QED) is 0.627. The number of hydrogen-bond donors (Lipinski definition) is 2. The van der Waals surface area contributed by atoms with Crippen molar-refractivity contribution in [1.82, 2.24) is 5.32 Å². The number of nitrogens with one attached hydrogen (secondary N) is 1. The average Bonchev–Trinajstić information content (AvgIpc) is 2.65. The topological polar surface area (TPSA) is 90.7 Å². The zero-order valence-electron chi connectivity index (χ0n) is 15.7. The molecule has 1 amide bonds. The summed E-state index contributed by atoms with van der Waals surface area (Å²) in [5.74, 6) is -0.128. The maximum atomic E-state index is 12.3. The van der Waals surface area contributed by atoms with E-state index in [-0.39, 0.29) is 30.9 Å². The first kappa shape index (κ1) is 20.5. The van der Waals surface area contributed by atoms with Crippen LogP contribution in [0.25, 0.3) is 0 Å². The van der Waals surface area contributed by atoms with Gasteiger partial charge < -0.3 is 20.5 Å². The van der Waals surface area contributed by atoms with Crippen LogP contribution in [0.1, 0.15) is 29.8 Å². The highest BCUT2D eigenvalue weighted by Crippen LogP contribution is 2.14. The van der Waals surface area contributed by atoms with Gasteiger partial charge in [0.05, 0.1) is 12.0 Å². The molecule has 0 saturated carbocycles. The minimum Gasteiger partial charge on any atom is -0.490 e. The van der Waals surface area contributed by atoms with E-state index in [1.807, 2.05) is 19.9 Å². The summed E-state index contributed by atoms with van der Waals surface area (Å²) in [6, 6.07) is 16.2. The van der Waals surface area contributed by atoms with Crippen molar-refractivity contribution < 1.29 is 19.1 Å². The van der Waals surface area contributed by atoms with Gasteiger partial charge in [-0.1, -0.05) is 44.2 Å². The number of rotatable bonds is 10. The second-order valence-electron chi connectivity index (χ2n) is 6.55. The lowest BCUT2D eigenvalue weighted by Crippen LogP contribution is -2.38. The molecule has 1 unspecified atom stereocenters. The number of hydrogen-bond acceptors (Lipinski definition) is 5. The molecule has 0 saturated heterocycles. The van der Waals surface area contributed by atoms with Crippen LogP contribution in [-0.2, 0) is 16.0 Å². The molecule has 1 atom stereocenters. The molecule has 6 heteroatoms. The molecule has 0 aliphatic carbocycles. The SMILES string of the molecule is CC(C)NCC(COc1ccc(CC(N)=O)cc1)OC(=O)c1ccccc1. The number of amides is 1. The third-order valence-corrected chi connectivity index (χ3v) is 3.77. The molecule has 3 N–H and O–H groups in total. The summed E-state index contributed by atoms with van der Waals surface area (Å²) >= 11 is 0. The van der Waals surface area contributed by atoms with Crippen LogP contribution in [0.15, 0.2) is 54.6 Å². The van der Waals surface area contributed by atoms with Crippen LogP contribution in [0.2, 0.25) is 0 Å². The van der Waals surface area contributed by atoms with E-state index in [9.17, 15) is 9.59 Å². The average molecular weight is 370 g/mol. The molecule has 0 aromatic heterocycles. The predicted molar refractivity (Wildman–Crippen MR) is 104 cm³/mol. The highest BCUT2D eigenvalue weighted by atomic mass is 16.6. The number of carbonyl (C=O) groups is 2. The summed E-state index contributed by atoms with van der Waals surface area (Å²) in [5, 5.41) is 3.26. The Labute approximate surface area is 159 Å². The van der Waals surface area contributed by atoms with Gasteiger partial charge in [-0.3, -0.25) is 4.79 Å². The maximum absolute atomic E-state index is 12.3. The van der Waals surface area contributed by atoms with E-state index in [0.29, 0.717) is 17.9 Å². The van der Waals surface area contributed by atoms with E-state index in [0.717, 1.165) is 5.56 Å². The van der Waals surface area contributed by atoms with Gasteiger partial charge in [0.2, 0.25) is 5.91 Å². The van der Waals surface area contributed by atoms with E-state index < -0.39 is 6.10 Å². The zero-order valence-corrected chi connectivity index (χ0v) is 15.7. The summed E-state index contributed by atoms with van der Waals surface area (Å²) in [6.07, 6.45) is -0.249. The Balaban J connectivity index is 1.95. The van der Waals surface area contributed by atoms with Crippen LogP contribution in [0.4, 0.5) is 0 Å². The van der Waals surface area contributed by atoms with Gasteiger partial charge in [0.1, 0.15) is 18.5 Å². The minimum absolute atomic E-state index is 0.190. The van der Waals surface area contributed by atoms with Gasteiger partial charge in [-0.2, -0.15) is 0 Å². The number of nitrogens with two attached hydrogens (primary N) is 1. The van der Waals surface area contributed by atoms with Crippen molar-refractivity contribution in [3.8, 4) is 5.75 Å². The highest BCUT2D eigenvalue weighted by Gasteiger charge is 2.17. The smallest absolute Gasteiger partial charge is 0.338 e. The first-order valence-corrected chi connectivity index (χ1v) is 8.93. The lowest BCUT2D eigenvalue weighted by molar-refractivity contribution is -0.117. The van der Waals surface area contributed by atoms with E-state index in [2.05, 4.69) is 5.32 Å². The normalized spacial score (nSPS) is 11.8. The number of carbonyl (C=O) groups excluding carboxylic acids is 2. The number of esters is 1. The van der Waals surface area contributed by atoms with Crippen molar-refractivity contribution in [3.05, 3.63) is 65.7 Å². The third-order valence-electron chi connectivity index (χ3n) is 3.77. The van der Waals surface area contributed by atoms with Gasteiger partial charge in [0.15, 0.2) is 0 Å². The van der Waals surface area contributed by atoms with E-state index >= 15 is 0 Å². The van der Waals surface area contributed by atoms with Crippen LogP contribution >= 0.6 is 0 Å². The molecule has 144 valence electrons. The molecule has 0 bridgehead atoms. The molecular formula is C21H26N2O4. The van der Waals surface area contributed by atoms with E-state index in [1.165, 1.54) is 0 Å². The standard InChI is InChI=1S/C21H26N2O4/c1-15(2)23-13-19(27-21(25)17-6-4-3-5-7-17)14-26-18-10-8-16(9-11-18)12-20(22)24/h3-11,15,19,23H,12-14H2,1-2H3,(H2,22,24). The Hall–Kier alpha value is -2.86. The van der Waals surface area contributed by atoms with Gasteiger partial charge in [-0.05, 0) is 29.8 Å². The van der Waals surface area contributed by atoms with Crippen LogP contribution in [0.5, 0.6) is 5.75 Å². The lowest BCUT2D eigenvalue weighted by Gasteiger charge is -2.20. The van der Waals surface area contributed by atoms with Gasteiger partial charge in [0.25, 0.3) is 0 Å². The molecule has 2 aromatic rings. The van der Waals surface area contributed by atoms with E-state index in [1.54, 1.807) is 48.5 Å². The Kier molecular flexibility index (Phi) is 7.82. The molecule has 0 spiro atoms. The summed E-state index contributed by atoms with van der Waals surface area (Å²) in [6.45, 7) is 4.74. The summed E-state index contributed by atoms with van der Waals surface area (Å²) in [5.41, 5.74) is 6.51. The number of primary amides is 1. The largest absolute Gasteiger partial charge is 0.490 e. The summed E-state index contributed by atoms with van der Waals surface area (Å²) < 4.78 is 11.4. The zero-order chi connectivity index (χ0) is 19.6. The van der Waals surface area contributed by atoms with Gasteiger partial charge in [-0.25, -0.2) is 4.79 Å². The fraction of sp³-hybridized carbons (Fsp3) is 0.333. The van der Waals surface area contributed by atoms with Crippen molar-refractivity contribution in [1.29, 1.82) is 0 Å². The Morgan fingerprint density at radius 2 is 1.70 bits per heavy atom. The first-order chi connectivity index (χ1) is 12.9. The maximum Gasteiger partial charge on any atom is 0.338 e. The van der Waals surface area contributed by atoms with E-state index in [4.69, 9.17) is 15.2 Å². The van der Waals surface area contributed by atoms with Crippen molar-refractivity contribution in [3.63, 3.8) is 0 Å². The van der Waals surface area contributed by atoms with Crippen molar-refractivity contribution in [2.75, 3.05) is 13.2 Å². The summed E-state index contributed by atoms with van der Waals surface area (Å²) in [7, 11) is 0. The lowest BCUT2D eigenvalue weighted by atomic mass is 10.1. The second-order valence-corrected chi connectivity index (χ2v) is 6.55. The Morgan fingerprint density at radius 3 is 2.30 bits per heavy atom. The highest BCUT2D eigenvalue weighted by molar-refractivity contribution is 5.89. The van der Waals surface area contributed by atoms with Gasteiger partial charge in [0, 0.05) is 12.6 Å². The molecule has 2 aromatic carbocycles. The Morgan fingerprint density at radius 1 is 1.04 bits per heavy atom. The number of benzene rings is 2. The van der Waals surface area contributed by atoms with Crippen LogP contribution in [-0.4, -0.2) is 37.2 Å². The second kappa shape index (κ2) is 10.3. The van der Waals surface area contributed by atoms with Crippen LogP contribution < -0.4 is 15.8 Å². The summed E-state index contributed by atoms with van der Waals surface area (Å²) in [4.78, 5) is 23.3. The minimum atomic E-state index is -0.439. The molecule has 2 rings (SSSR count). The molecule has 0 aliphatic heterocycles. The molecule has 0 radical (unpaired) electrons. The molecular weight excluding hydrogens is 344 g/mol.